The number of hydrogen-bond acceptors (Lipinski definition) is 3. The number of rotatable bonds is 5. The van der Waals surface area contributed by atoms with Crippen LogP contribution in [0.5, 0.6) is 5.75 Å². The van der Waals surface area contributed by atoms with E-state index in [0.717, 1.165) is 19.3 Å². The van der Waals surface area contributed by atoms with Crippen LogP contribution < -0.4 is 15.8 Å². The van der Waals surface area contributed by atoms with Crippen LogP contribution in [0.25, 0.3) is 0 Å². The van der Waals surface area contributed by atoms with Gasteiger partial charge in [-0.05, 0) is 43.5 Å². The van der Waals surface area contributed by atoms with E-state index in [4.69, 9.17) is 10.5 Å². The lowest BCUT2D eigenvalue weighted by Gasteiger charge is -2.19. The second kappa shape index (κ2) is 8.56. The van der Waals surface area contributed by atoms with Gasteiger partial charge in [0.1, 0.15) is 0 Å². The molecule has 0 radical (unpaired) electrons. The topological polar surface area (TPSA) is 64.3 Å². The first-order valence-electron chi connectivity index (χ1n) is 6.67. The molecule has 0 spiro atoms. The summed E-state index contributed by atoms with van der Waals surface area (Å²) in [7, 11) is 0. The fourth-order valence-electron chi connectivity index (χ4n) is 2.49. The number of ether oxygens (including phenoxy) is 1. The molecule has 1 aliphatic rings. The van der Waals surface area contributed by atoms with Crippen molar-refractivity contribution in [2.75, 3.05) is 13.2 Å². The number of halogens is 3. The van der Waals surface area contributed by atoms with Crippen molar-refractivity contribution in [3.8, 4) is 5.75 Å². The van der Waals surface area contributed by atoms with Crippen molar-refractivity contribution in [3.05, 3.63) is 28.5 Å². The van der Waals surface area contributed by atoms with Crippen LogP contribution in [0.1, 0.15) is 19.3 Å². The fourth-order valence-corrected chi connectivity index (χ4v) is 2.83. The summed E-state index contributed by atoms with van der Waals surface area (Å²) in [4.78, 5) is 11.8. The Bertz CT molecular complexity index is 490. The maximum atomic E-state index is 13.5. The summed E-state index contributed by atoms with van der Waals surface area (Å²) >= 11 is 3.16. The lowest BCUT2D eigenvalue weighted by Crippen LogP contribution is -2.42. The molecule has 1 saturated carbocycles. The Morgan fingerprint density at radius 3 is 2.90 bits per heavy atom. The van der Waals surface area contributed by atoms with Gasteiger partial charge in [-0.15, -0.1) is 12.4 Å². The van der Waals surface area contributed by atoms with Crippen LogP contribution in [-0.2, 0) is 4.79 Å². The molecule has 0 aliphatic heterocycles. The van der Waals surface area contributed by atoms with E-state index in [-0.39, 0.29) is 36.7 Å². The van der Waals surface area contributed by atoms with Gasteiger partial charge >= 0.3 is 0 Å². The molecule has 1 amide bonds. The average Bonchev–Trinajstić information content (AvgIpc) is 2.85. The maximum Gasteiger partial charge on any atom is 0.258 e. The van der Waals surface area contributed by atoms with Gasteiger partial charge in [-0.2, -0.15) is 0 Å². The van der Waals surface area contributed by atoms with Crippen molar-refractivity contribution in [1.29, 1.82) is 0 Å². The minimum Gasteiger partial charge on any atom is -0.481 e. The summed E-state index contributed by atoms with van der Waals surface area (Å²) in [5, 5.41) is 2.91. The lowest BCUT2D eigenvalue weighted by atomic mass is 10.0. The van der Waals surface area contributed by atoms with Crippen LogP contribution in [0.4, 0.5) is 4.39 Å². The molecule has 118 valence electrons. The van der Waals surface area contributed by atoms with E-state index in [1.807, 2.05) is 0 Å². The first-order chi connectivity index (χ1) is 9.60. The fraction of sp³-hybridized carbons (Fsp3) is 0.500. The van der Waals surface area contributed by atoms with Gasteiger partial charge in [0, 0.05) is 10.5 Å². The van der Waals surface area contributed by atoms with Crippen LogP contribution in [0.3, 0.4) is 0 Å². The SMILES string of the molecule is Cl.NCC1CCCC1NC(=O)COc1ccc(Br)cc1F. The Balaban J connectivity index is 0.00000220. The smallest absolute Gasteiger partial charge is 0.258 e. The Labute approximate surface area is 138 Å². The number of carbonyl (C=O) groups is 1. The Morgan fingerprint density at radius 1 is 1.48 bits per heavy atom. The van der Waals surface area contributed by atoms with Crippen LogP contribution in [0.15, 0.2) is 22.7 Å². The van der Waals surface area contributed by atoms with Gasteiger partial charge in [-0.1, -0.05) is 22.4 Å². The molecule has 2 atom stereocenters. The summed E-state index contributed by atoms with van der Waals surface area (Å²) in [5.74, 6) is -0.320. The third-order valence-corrected chi connectivity index (χ3v) is 4.05. The molecule has 0 heterocycles. The zero-order chi connectivity index (χ0) is 14.5. The Morgan fingerprint density at radius 2 is 2.24 bits per heavy atom. The second-order valence-corrected chi connectivity index (χ2v) is 5.88. The molecule has 21 heavy (non-hydrogen) atoms. The summed E-state index contributed by atoms with van der Waals surface area (Å²) in [6.45, 7) is 0.388. The number of hydrogen-bond donors (Lipinski definition) is 2. The minimum absolute atomic E-state index is 0. The first kappa shape index (κ1) is 18.2. The molecule has 1 aromatic carbocycles. The molecule has 7 heteroatoms. The summed E-state index contributed by atoms with van der Waals surface area (Å²) in [6, 6.07) is 4.57. The van der Waals surface area contributed by atoms with E-state index in [1.54, 1.807) is 6.07 Å². The van der Waals surface area contributed by atoms with Crippen LogP contribution in [0.2, 0.25) is 0 Å². The molecule has 0 bridgehead atoms. The highest BCUT2D eigenvalue weighted by Gasteiger charge is 2.27. The van der Waals surface area contributed by atoms with E-state index in [2.05, 4.69) is 21.2 Å². The first-order valence-corrected chi connectivity index (χ1v) is 7.46. The molecular weight excluding hydrogens is 363 g/mol. The molecule has 2 rings (SSSR count). The second-order valence-electron chi connectivity index (χ2n) is 4.96. The maximum absolute atomic E-state index is 13.5. The highest BCUT2D eigenvalue weighted by molar-refractivity contribution is 9.10. The van der Waals surface area contributed by atoms with Crippen molar-refractivity contribution in [3.63, 3.8) is 0 Å². The number of amides is 1. The normalized spacial score (nSPS) is 20.7. The molecule has 4 nitrogen and oxygen atoms in total. The van der Waals surface area contributed by atoms with Gasteiger partial charge in [0.05, 0.1) is 0 Å². The molecule has 1 aliphatic carbocycles. The van der Waals surface area contributed by atoms with Crippen molar-refractivity contribution >= 4 is 34.2 Å². The van der Waals surface area contributed by atoms with E-state index in [0.29, 0.717) is 16.9 Å². The van der Waals surface area contributed by atoms with E-state index >= 15 is 0 Å². The Kier molecular flexibility index (Phi) is 7.42. The monoisotopic (exact) mass is 380 g/mol. The van der Waals surface area contributed by atoms with Crippen LogP contribution in [0, 0.1) is 11.7 Å². The van der Waals surface area contributed by atoms with Crippen molar-refractivity contribution in [1.82, 2.24) is 5.32 Å². The van der Waals surface area contributed by atoms with Crippen molar-refractivity contribution in [2.45, 2.75) is 25.3 Å². The van der Waals surface area contributed by atoms with Gasteiger partial charge in [0.25, 0.3) is 5.91 Å². The van der Waals surface area contributed by atoms with E-state index in [9.17, 15) is 9.18 Å². The number of carbonyl (C=O) groups excluding carboxylic acids is 1. The van der Waals surface area contributed by atoms with Crippen LogP contribution in [-0.4, -0.2) is 25.1 Å². The predicted octanol–water partition coefficient (Wildman–Crippen LogP) is 2.63. The highest BCUT2D eigenvalue weighted by atomic mass is 79.9. The zero-order valence-electron chi connectivity index (χ0n) is 11.5. The zero-order valence-corrected chi connectivity index (χ0v) is 13.9. The number of nitrogens with one attached hydrogen (secondary N) is 1. The largest absolute Gasteiger partial charge is 0.481 e. The quantitative estimate of drug-likeness (QED) is 0.824. The third-order valence-electron chi connectivity index (χ3n) is 3.56. The molecule has 2 unspecified atom stereocenters. The number of nitrogens with two attached hydrogens (primary N) is 1. The molecule has 3 N–H and O–H groups in total. The average molecular weight is 382 g/mol. The molecule has 1 aromatic rings. The van der Waals surface area contributed by atoms with Gasteiger partial charge in [-0.25, -0.2) is 4.39 Å². The molecule has 1 fully saturated rings. The molecule has 0 aromatic heterocycles. The van der Waals surface area contributed by atoms with Crippen molar-refractivity contribution in [2.24, 2.45) is 11.7 Å². The van der Waals surface area contributed by atoms with Gasteiger partial charge in [-0.3, -0.25) is 4.79 Å². The predicted molar refractivity (Wildman–Crippen MR) is 85.2 cm³/mol. The van der Waals surface area contributed by atoms with Gasteiger partial charge in [0.2, 0.25) is 0 Å². The summed E-state index contributed by atoms with van der Waals surface area (Å²) < 4.78 is 19.3. The minimum atomic E-state index is -0.493. The Hall–Kier alpha value is -0.850. The lowest BCUT2D eigenvalue weighted by molar-refractivity contribution is -0.124. The molecule has 0 saturated heterocycles. The highest BCUT2D eigenvalue weighted by Crippen LogP contribution is 2.24. The van der Waals surface area contributed by atoms with Gasteiger partial charge in [0.15, 0.2) is 18.2 Å². The standard InChI is InChI=1S/C14H18BrFN2O2.ClH/c15-10-4-5-13(11(16)6-10)20-8-14(19)18-12-3-1-2-9(12)7-17;/h4-6,9,12H,1-3,7-8,17H2,(H,18,19);1H. The summed E-state index contributed by atoms with van der Waals surface area (Å²) in [5.41, 5.74) is 5.66. The van der Waals surface area contributed by atoms with E-state index in [1.165, 1.54) is 12.1 Å². The third kappa shape index (κ3) is 5.13. The number of benzene rings is 1. The van der Waals surface area contributed by atoms with Crippen LogP contribution >= 0.6 is 28.3 Å². The molecular formula is C14H19BrClFN2O2. The van der Waals surface area contributed by atoms with E-state index < -0.39 is 5.82 Å². The van der Waals surface area contributed by atoms with Gasteiger partial charge < -0.3 is 15.8 Å². The van der Waals surface area contributed by atoms with Crippen molar-refractivity contribution < 1.29 is 13.9 Å². The summed E-state index contributed by atoms with van der Waals surface area (Å²) in [6.07, 6.45) is 3.07.